The van der Waals surface area contributed by atoms with Crippen molar-refractivity contribution >= 4 is 33.3 Å². The standard InChI is InChI=1S/C32H29F2N9O4S/c1-32(35,15-16-42-37-18-36-40-42)26-25-28(44)43(21-7-4-3-5-8-21)31(46)41(17-22-23(33)9-6-10-24(22)34)29(25)48-27(26)19-11-13-20(14-12-19)38-30(45)39-47-2/h3-14,18H,15-17,35H2,1-2H3,(H2,38,39,45). The highest BCUT2D eigenvalue weighted by molar-refractivity contribution is 7.22. The lowest BCUT2D eigenvalue weighted by Crippen LogP contribution is -2.41. The number of nitrogens with zero attached hydrogens (tertiary/aromatic N) is 6. The van der Waals surface area contributed by atoms with Gasteiger partial charge < -0.3 is 11.1 Å². The molecule has 48 heavy (non-hydrogen) atoms. The molecular weight excluding hydrogens is 644 g/mol. The van der Waals surface area contributed by atoms with E-state index in [0.717, 1.165) is 28.0 Å². The second kappa shape index (κ2) is 13.3. The maximum Gasteiger partial charge on any atom is 0.343 e. The fourth-order valence-electron chi connectivity index (χ4n) is 5.45. The van der Waals surface area contributed by atoms with Crippen LogP contribution in [-0.4, -0.2) is 42.5 Å². The minimum atomic E-state index is -1.23. The molecule has 246 valence electrons. The molecule has 0 saturated heterocycles. The number of para-hydroxylation sites is 1. The molecule has 3 aromatic heterocycles. The lowest BCUT2D eigenvalue weighted by atomic mass is 9.86. The molecule has 2 amide bonds. The topological polar surface area (TPSA) is 164 Å². The van der Waals surface area contributed by atoms with Crippen LogP contribution in [0.1, 0.15) is 24.5 Å². The number of rotatable bonds is 10. The van der Waals surface area contributed by atoms with Crippen LogP contribution >= 0.6 is 11.3 Å². The minimum absolute atomic E-state index is 0.119. The number of tetrazole rings is 1. The van der Waals surface area contributed by atoms with Crippen LogP contribution in [0.5, 0.6) is 0 Å². The Morgan fingerprint density at radius 3 is 2.38 bits per heavy atom. The van der Waals surface area contributed by atoms with E-state index in [-0.39, 0.29) is 34.4 Å². The second-order valence-corrected chi connectivity index (χ2v) is 12.1. The number of carbonyl (C=O) groups is 1. The molecule has 0 radical (unpaired) electrons. The number of thiophene rings is 1. The molecule has 0 aliphatic rings. The van der Waals surface area contributed by atoms with Crippen LogP contribution in [0.15, 0.2) is 88.7 Å². The number of aryl methyl sites for hydroxylation is 1. The number of hydroxylamine groups is 1. The Hall–Kier alpha value is -5.58. The number of urea groups is 1. The SMILES string of the molecule is CONC(=O)Nc1ccc(-c2sc3c(c2C(C)(N)CCn2ncnn2)c(=O)n(-c2ccccc2)c(=O)n3Cc2c(F)cccc2F)cc1. The summed E-state index contributed by atoms with van der Waals surface area (Å²) in [5, 5.41) is 14.5. The van der Waals surface area contributed by atoms with Crippen molar-refractivity contribution in [1.29, 1.82) is 0 Å². The average molecular weight is 674 g/mol. The van der Waals surface area contributed by atoms with Gasteiger partial charge in [-0.3, -0.25) is 14.2 Å². The highest BCUT2D eigenvalue weighted by Gasteiger charge is 2.34. The Labute approximate surface area is 275 Å². The average Bonchev–Trinajstić information content (AvgIpc) is 3.74. The van der Waals surface area contributed by atoms with E-state index in [1.165, 1.54) is 28.9 Å². The predicted octanol–water partition coefficient (Wildman–Crippen LogP) is 4.14. The van der Waals surface area contributed by atoms with E-state index in [9.17, 15) is 14.4 Å². The van der Waals surface area contributed by atoms with Crippen molar-refractivity contribution in [3.8, 4) is 16.1 Å². The molecule has 0 saturated carbocycles. The zero-order valence-corrected chi connectivity index (χ0v) is 26.5. The van der Waals surface area contributed by atoms with Gasteiger partial charge in [-0.05, 0) is 60.5 Å². The zero-order valence-electron chi connectivity index (χ0n) is 25.7. The highest BCUT2D eigenvalue weighted by Crippen LogP contribution is 2.43. The number of benzene rings is 3. The molecule has 3 heterocycles. The summed E-state index contributed by atoms with van der Waals surface area (Å²) < 4.78 is 32.2. The smallest absolute Gasteiger partial charge is 0.322 e. The van der Waals surface area contributed by atoms with Crippen LogP contribution in [0.25, 0.3) is 26.3 Å². The summed E-state index contributed by atoms with van der Waals surface area (Å²) in [6.07, 6.45) is 1.53. The van der Waals surface area contributed by atoms with E-state index in [2.05, 4.69) is 31.0 Å². The summed E-state index contributed by atoms with van der Waals surface area (Å²) >= 11 is 1.10. The van der Waals surface area contributed by atoms with Crippen molar-refractivity contribution in [3.05, 3.63) is 123 Å². The fourth-order valence-corrected chi connectivity index (χ4v) is 6.88. The number of hydrogen-bond donors (Lipinski definition) is 3. The minimum Gasteiger partial charge on any atom is -0.322 e. The van der Waals surface area contributed by atoms with Gasteiger partial charge in [-0.15, -0.1) is 21.5 Å². The van der Waals surface area contributed by atoms with E-state index >= 15 is 8.78 Å². The number of anilines is 1. The van der Waals surface area contributed by atoms with Crippen LogP contribution in [0.3, 0.4) is 0 Å². The van der Waals surface area contributed by atoms with E-state index in [1.807, 2.05) is 0 Å². The first-order valence-corrected chi connectivity index (χ1v) is 15.4. The fraction of sp³-hybridized carbons (Fsp3) is 0.188. The van der Waals surface area contributed by atoms with E-state index in [0.29, 0.717) is 21.7 Å². The quantitative estimate of drug-likeness (QED) is 0.183. The number of nitrogens with one attached hydrogen (secondary N) is 2. The highest BCUT2D eigenvalue weighted by atomic mass is 32.1. The number of amides is 2. The molecule has 16 heteroatoms. The van der Waals surface area contributed by atoms with E-state index in [4.69, 9.17) is 5.73 Å². The maximum absolute atomic E-state index is 15.0. The van der Waals surface area contributed by atoms with Gasteiger partial charge in [-0.1, -0.05) is 36.4 Å². The summed E-state index contributed by atoms with van der Waals surface area (Å²) in [5.74, 6) is -1.68. The zero-order chi connectivity index (χ0) is 34.0. The van der Waals surface area contributed by atoms with Gasteiger partial charge in [-0.25, -0.2) is 28.4 Å². The molecular formula is C32H29F2N9O4S. The van der Waals surface area contributed by atoms with Gasteiger partial charge in [0, 0.05) is 27.2 Å². The van der Waals surface area contributed by atoms with Crippen molar-refractivity contribution in [2.75, 3.05) is 12.4 Å². The van der Waals surface area contributed by atoms with Gasteiger partial charge in [0.15, 0.2) is 6.33 Å². The molecule has 0 bridgehead atoms. The first-order valence-electron chi connectivity index (χ1n) is 14.6. The van der Waals surface area contributed by atoms with E-state index in [1.54, 1.807) is 61.5 Å². The van der Waals surface area contributed by atoms with Crippen LogP contribution in [0.2, 0.25) is 0 Å². The summed E-state index contributed by atoms with van der Waals surface area (Å²) in [6, 6.07) is 17.9. The molecule has 13 nitrogen and oxygen atoms in total. The normalized spacial score (nSPS) is 12.6. The third kappa shape index (κ3) is 6.23. The van der Waals surface area contributed by atoms with Crippen LogP contribution < -0.4 is 27.8 Å². The summed E-state index contributed by atoms with van der Waals surface area (Å²) in [5.41, 5.74) is 7.98. The molecule has 6 rings (SSSR count). The largest absolute Gasteiger partial charge is 0.343 e. The Bertz CT molecular complexity index is 2200. The Balaban J connectivity index is 1.63. The van der Waals surface area contributed by atoms with Crippen molar-refractivity contribution in [3.63, 3.8) is 0 Å². The second-order valence-electron chi connectivity index (χ2n) is 11.1. The van der Waals surface area contributed by atoms with Gasteiger partial charge >= 0.3 is 11.7 Å². The van der Waals surface area contributed by atoms with Gasteiger partial charge in [-0.2, -0.15) is 4.80 Å². The third-order valence-corrected chi connectivity index (χ3v) is 9.02. The van der Waals surface area contributed by atoms with Crippen molar-refractivity contribution in [2.45, 2.75) is 32.0 Å². The molecule has 1 unspecified atom stereocenters. The van der Waals surface area contributed by atoms with Gasteiger partial charge in [0.1, 0.15) is 16.5 Å². The summed E-state index contributed by atoms with van der Waals surface area (Å²) in [4.78, 5) is 47.4. The Morgan fingerprint density at radius 1 is 1.02 bits per heavy atom. The molecule has 4 N–H and O–H groups in total. The van der Waals surface area contributed by atoms with Crippen LogP contribution in [0, 0.1) is 11.6 Å². The van der Waals surface area contributed by atoms with Crippen LogP contribution in [-0.2, 0) is 23.5 Å². The molecule has 0 spiro atoms. The molecule has 0 aliphatic heterocycles. The first-order chi connectivity index (χ1) is 23.1. The molecule has 3 aromatic carbocycles. The number of fused-ring (bicyclic) bond motifs is 1. The molecule has 6 aromatic rings. The van der Waals surface area contributed by atoms with Crippen LogP contribution in [0.4, 0.5) is 19.3 Å². The van der Waals surface area contributed by atoms with Crippen molar-refractivity contribution in [1.82, 2.24) is 34.8 Å². The van der Waals surface area contributed by atoms with Gasteiger partial charge in [0.05, 0.1) is 31.3 Å². The Kier molecular flexibility index (Phi) is 8.95. The predicted molar refractivity (Wildman–Crippen MR) is 176 cm³/mol. The monoisotopic (exact) mass is 673 g/mol. The Morgan fingerprint density at radius 2 is 1.73 bits per heavy atom. The summed E-state index contributed by atoms with van der Waals surface area (Å²) in [7, 11) is 1.31. The number of nitrogens with two attached hydrogens (primary N) is 1. The van der Waals surface area contributed by atoms with Gasteiger partial charge in [0.25, 0.3) is 5.56 Å². The van der Waals surface area contributed by atoms with E-state index < -0.39 is 41.0 Å². The third-order valence-electron chi connectivity index (χ3n) is 7.76. The lowest BCUT2D eigenvalue weighted by Gasteiger charge is -2.26. The first kappa shape index (κ1) is 32.4. The number of aromatic nitrogens is 6. The lowest BCUT2D eigenvalue weighted by molar-refractivity contribution is 0.114. The molecule has 0 aliphatic carbocycles. The maximum atomic E-state index is 15.0. The summed E-state index contributed by atoms with van der Waals surface area (Å²) in [6.45, 7) is 1.49. The number of carbonyl (C=O) groups excluding carboxylic acids is 1. The van der Waals surface area contributed by atoms with Crippen molar-refractivity contribution in [2.24, 2.45) is 5.73 Å². The van der Waals surface area contributed by atoms with Gasteiger partial charge in [0.2, 0.25) is 0 Å². The number of halogens is 2. The van der Waals surface area contributed by atoms with Crippen molar-refractivity contribution < 1.29 is 18.4 Å². The molecule has 0 fully saturated rings. The molecule has 1 atom stereocenters. The number of hydrogen-bond acceptors (Lipinski definition) is 9.